The van der Waals surface area contributed by atoms with E-state index in [1.54, 1.807) is 0 Å². The van der Waals surface area contributed by atoms with E-state index in [-0.39, 0.29) is 0 Å². The van der Waals surface area contributed by atoms with Crippen molar-refractivity contribution in [3.63, 3.8) is 0 Å². The van der Waals surface area contributed by atoms with Gasteiger partial charge in [0, 0.05) is 12.1 Å². The van der Waals surface area contributed by atoms with Gasteiger partial charge in [-0.2, -0.15) is 0 Å². The van der Waals surface area contributed by atoms with Crippen LogP contribution in [0.3, 0.4) is 0 Å². The molecule has 1 aromatic carbocycles. The summed E-state index contributed by atoms with van der Waals surface area (Å²) >= 11 is 0. The van der Waals surface area contributed by atoms with Gasteiger partial charge < -0.3 is 5.32 Å². The lowest BCUT2D eigenvalue weighted by Gasteiger charge is -2.22. The highest BCUT2D eigenvalue weighted by Gasteiger charge is 2.15. The lowest BCUT2D eigenvalue weighted by Crippen LogP contribution is -2.31. The molecule has 0 saturated carbocycles. The van der Waals surface area contributed by atoms with Gasteiger partial charge in [0.15, 0.2) is 0 Å². The van der Waals surface area contributed by atoms with Gasteiger partial charge in [0.25, 0.3) is 0 Å². The van der Waals surface area contributed by atoms with Gasteiger partial charge in [-0.05, 0) is 44.0 Å². The zero-order valence-electron chi connectivity index (χ0n) is 10.1. The van der Waals surface area contributed by atoms with Crippen LogP contribution in [0.5, 0.6) is 0 Å². The quantitative estimate of drug-likeness (QED) is 0.814. The Hall–Kier alpha value is -0.960. The van der Waals surface area contributed by atoms with Gasteiger partial charge in [-0.15, -0.1) is 0 Å². The topological polar surface area (TPSA) is 12.0 Å². The van der Waals surface area contributed by atoms with Crippen molar-refractivity contribution >= 4 is 0 Å². The van der Waals surface area contributed by atoms with Crippen molar-refractivity contribution in [2.45, 2.75) is 32.7 Å². The summed E-state index contributed by atoms with van der Waals surface area (Å²) in [4.78, 5) is 0. The van der Waals surface area contributed by atoms with E-state index in [1.807, 2.05) is 7.05 Å². The predicted molar refractivity (Wildman–Crippen MR) is 62.4 cm³/mol. The number of hydrogen-bond donors (Lipinski definition) is 1. The highest BCUT2D eigenvalue weighted by atomic mass is 19.1. The molecule has 0 fully saturated rings. The number of hydrogen-bond acceptors (Lipinski definition) is 1. The van der Waals surface area contributed by atoms with Gasteiger partial charge in [0.05, 0.1) is 0 Å². The van der Waals surface area contributed by atoms with Gasteiger partial charge in [-0.1, -0.05) is 13.3 Å². The maximum Gasteiger partial charge on any atom is 0.126 e. The molecule has 3 heteroatoms. The standard InChI is InChI=1S/C13H19F2N/c1-4-11(9(2)16-3)5-10-6-12(14)8-13(15)7-10/h6-9,11,16H,4-5H2,1-3H3. The normalized spacial score (nSPS) is 14.8. The molecule has 0 aliphatic rings. The molecule has 1 rings (SSSR count). The molecule has 90 valence electrons. The Morgan fingerprint density at radius 1 is 1.19 bits per heavy atom. The summed E-state index contributed by atoms with van der Waals surface area (Å²) in [7, 11) is 1.90. The van der Waals surface area contributed by atoms with E-state index < -0.39 is 11.6 Å². The van der Waals surface area contributed by atoms with Crippen molar-refractivity contribution < 1.29 is 8.78 Å². The second-order valence-corrected chi connectivity index (χ2v) is 4.23. The third-order valence-electron chi connectivity index (χ3n) is 3.11. The first-order valence-corrected chi connectivity index (χ1v) is 5.69. The molecular formula is C13H19F2N. The minimum atomic E-state index is -0.498. The monoisotopic (exact) mass is 227 g/mol. The highest BCUT2D eigenvalue weighted by Crippen LogP contribution is 2.17. The second kappa shape index (κ2) is 5.94. The van der Waals surface area contributed by atoms with Crippen molar-refractivity contribution in [1.82, 2.24) is 5.32 Å². The molecule has 1 aromatic rings. The smallest absolute Gasteiger partial charge is 0.126 e. The fraction of sp³-hybridized carbons (Fsp3) is 0.538. The van der Waals surface area contributed by atoms with Crippen molar-refractivity contribution in [1.29, 1.82) is 0 Å². The van der Waals surface area contributed by atoms with Crippen molar-refractivity contribution in [2.24, 2.45) is 5.92 Å². The highest BCUT2D eigenvalue weighted by molar-refractivity contribution is 5.18. The fourth-order valence-corrected chi connectivity index (χ4v) is 1.94. The van der Waals surface area contributed by atoms with E-state index in [1.165, 1.54) is 12.1 Å². The molecule has 1 nitrogen and oxygen atoms in total. The van der Waals surface area contributed by atoms with E-state index >= 15 is 0 Å². The third-order valence-corrected chi connectivity index (χ3v) is 3.11. The Labute approximate surface area is 95.9 Å². The average molecular weight is 227 g/mol. The first-order valence-electron chi connectivity index (χ1n) is 5.69. The van der Waals surface area contributed by atoms with E-state index in [0.717, 1.165) is 18.1 Å². The molecule has 0 aliphatic heterocycles. The molecule has 0 heterocycles. The molecule has 0 saturated heterocycles. The largest absolute Gasteiger partial charge is 0.317 e. The Bertz CT molecular complexity index is 318. The van der Waals surface area contributed by atoms with E-state index in [4.69, 9.17) is 0 Å². The van der Waals surface area contributed by atoms with Crippen LogP contribution < -0.4 is 5.32 Å². The molecule has 0 spiro atoms. The van der Waals surface area contributed by atoms with Crippen molar-refractivity contribution in [2.75, 3.05) is 7.05 Å². The van der Waals surface area contributed by atoms with Crippen LogP contribution in [0.2, 0.25) is 0 Å². The van der Waals surface area contributed by atoms with Gasteiger partial charge in [0.2, 0.25) is 0 Å². The maximum atomic E-state index is 13.0. The first-order chi connectivity index (χ1) is 7.56. The Morgan fingerprint density at radius 2 is 1.75 bits per heavy atom. The average Bonchev–Trinajstić information content (AvgIpc) is 2.23. The molecule has 0 aliphatic carbocycles. The number of rotatable bonds is 5. The molecule has 2 atom stereocenters. The van der Waals surface area contributed by atoms with E-state index in [9.17, 15) is 8.78 Å². The summed E-state index contributed by atoms with van der Waals surface area (Å²) in [6.45, 7) is 4.18. The van der Waals surface area contributed by atoms with Crippen LogP contribution in [0.4, 0.5) is 8.78 Å². The summed E-state index contributed by atoms with van der Waals surface area (Å²) in [5.74, 6) is -0.602. The second-order valence-electron chi connectivity index (χ2n) is 4.23. The summed E-state index contributed by atoms with van der Waals surface area (Å²) in [5.41, 5.74) is 0.728. The molecule has 2 unspecified atom stereocenters. The minimum absolute atomic E-state index is 0.344. The SMILES string of the molecule is CCC(Cc1cc(F)cc(F)c1)C(C)NC. The predicted octanol–water partition coefficient (Wildman–Crippen LogP) is 3.14. The summed E-state index contributed by atoms with van der Waals surface area (Å²) in [6.07, 6.45) is 1.69. The van der Waals surface area contributed by atoms with Crippen LogP contribution in [-0.4, -0.2) is 13.1 Å². The van der Waals surface area contributed by atoms with Crippen LogP contribution in [0.25, 0.3) is 0 Å². The Kier molecular flexibility index (Phi) is 4.87. The van der Waals surface area contributed by atoms with Crippen LogP contribution in [0.1, 0.15) is 25.8 Å². The van der Waals surface area contributed by atoms with Gasteiger partial charge in [-0.25, -0.2) is 8.78 Å². The van der Waals surface area contributed by atoms with E-state index in [2.05, 4.69) is 19.2 Å². The summed E-state index contributed by atoms with van der Waals surface area (Å²) in [6, 6.07) is 4.07. The number of benzene rings is 1. The molecule has 16 heavy (non-hydrogen) atoms. The summed E-state index contributed by atoms with van der Waals surface area (Å²) in [5, 5.41) is 3.18. The van der Waals surface area contributed by atoms with Crippen molar-refractivity contribution in [3.05, 3.63) is 35.4 Å². The maximum absolute atomic E-state index is 13.0. The molecule has 0 bridgehead atoms. The first kappa shape index (κ1) is 13.1. The Morgan fingerprint density at radius 3 is 2.19 bits per heavy atom. The molecule has 0 amide bonds. The lowest BCUT2D eigenvalue weighted by molar-refractivity contribution is 0.380. The van der Waals surface area contributed by atoms with Gasteiger partial charge in [0.1, 0.15) is 11.6 Å². The van der Waals surface area contributed by atoms with Crippen LogP contribution in [0, 0.1) is 17.6 Å². The number of nitrogens with one attached hydrogen (secondary N) is 1. The number of halogens is 2. The zero-order chi connectivity index (χ0) is 12.1. The summed E-state index contributed by atoms with van der Waals surface area (Å²) < 4.78 is 26.0. The molecular weight excluding hydrogens is 208 g/mol. The van der Waals surface area contributed by atoms with Crippen LogP contribution in [-0.2, 0) is 6.42 Å². The Balaban J connectivity index is 2.77. The van der Waals surface area contributed by atoms with Gasteiger partial charge in [-0.3, -0.25) is 0 Å². The van der Waals surface area contributed by atoms with Crippen molar-refractivity contribution in [3.8, 4) is 0 Å². The zero-order valence-corrected chi connectivity index (χ0v) is 10.1. The fourth-order valence-electron chi connectivity index (χ4n) is 1.94. The molecule has 1 N–H and O–H groups in total. The third kappa shape index (κ3) is 3.56. The lowest BCUT2D eigenvalue weighted by atomic mass is 9.91. The van der Waals surface area contributed by atoms with E-state index in [0.29, 0.717) is 18.4 Å². The molecule has 0 aromatic heterocycles. The van der Waals surface area contributed by atoms with Gasteiger partial charge >= 0.3 is 0 Å². The van der Waals surface area contributed by atoms with Crippen LogP contribution >= 0.6 is 0 Å². The molecule has 0 radical (unpaired) electrons. The van der Waals surface area contributed by atoms with Crippen LogP contribution in [0.15, 0.2) is 18.2 Å². The minimum Gasteiger partial charge on any atom is -0.317 e.